The number of carbonyl (C=O) groups is 3. The average molecular weight is 491 g/mol. The van der Waals surface area contributed by atoms with Gasteiger partial charge in [0.15, 0.2) is 6.10 Å². The molecule has 6 rings (SSSR count). The Labute approximate surface area is 210 Å². The molecule has 9 nitrogen and oxygen atoms in total. The number of rotatable bonds is 7. The SMILES string of the molecule is CN(C)C(=O)CN1Cc2ccc(N3CC[C@@H](Oc4ccc(O[C@@]56CCC[C@@H]5C6)nc4)C3=O)cc2C1=O. The standard InChI is InChI=1S/C27H30N4O5/c1-29(2)24(32)16-30-15-17-5-6-19(12-21(17)25(30)33)31-11-9-22(26(31)34)35-20-7-8-23(28-14-20)36-27-10-3-4-18(27)13-27/h5-8,12,14,18,22H,3-4,9-11,13,15-16H2,1-2H3/t18-,22-,27-/m1/s1. The number of amides is 3. The molecule has 36 heavy (non-hydrogen) atoms. The Balaban J connectivity index is 1.09. The van der Waals surface area contributed by atoms with Gasteiger partial charge in [-0.1, -0.05) is 6.07 Å². The Kier molecular flexibility index (Phi) is 5.39. The van der Waals surface area contributed by atoms with E-state index in [1.54, 1.807) is 37.3 Å². The third-order valence-corrected chi connectivity index (χ3v) is 7.89. The minimum atomic E-state index is -0.613. The van der Waals surface area contributed by atoms with Gasteiger partial charge in [0, 0.05) is 56.8 Å². The van der Waals surface area contributed by atoms with Crippen molar-refractivity contribution in [3.05, 3.63) is 47.7 Å². The summed E-state index contributed by atoms with van der Waals surface area (Å²) in [5.74, 6) is 1.35. The van der Waals surface area contributed by atoms with E-state index in [9.17, 15) is 14.4 Å². The summed E-state index contributed by atoms with van der Waals surface area (Å²) in [6.45, 7) is 0.924. The number of anilines is 1. The number of nitrogens with zero attached hydrogens (tertiary/aromatic N) is 4. The first kappa shape index (κ1) is 22.8. The average Bonchev–Trinajstić information content (AvgIpc) is 3.10. The number of carbonyl (C=O) groups excluding carboxylic acids is 3. The summed E-state index contributed by atoms with van der Waals surface area (Å²) in [7, 11) is 3.34. The normalized spacial score (nSPS) is 26.2. The lowest BCUT2D eigenvalue weighted by atomic mass is 10.1. The molecule has 0 bridgehead atoms. The van der Waals surface area contributed by atoms with Crippen molar-refractivity contribution < 1.29 is 23.9 Å². The molecule has 2 aliphatic carbocycles. The second-order valence-electron chi connectivity index (χ2n) is 10.5. The Bertz CT molecular complexity index is 1230. The van der Waals surface area contributed by atoms with Crippen molar-refractivity contribution >= 4 is 23.4 Å². The smallest absolute Gasteiger partial charge is 0.268 e. The number of hydrogen-bond acceptors (Lipinski definition) is 6. The van der Waals surface area contributed by atoms with Crippen LogP contribution in [-0.2, 0) is 16.1 Å². The number of aromatic nitrogens is 1. The maximum atomic E-state index is 13.1. The monoisotopic (exact) mass is 490 g/mol. The Morgan fingerprint density at radius 3 is 2.75 bits per heavy atom. The highest BCUT2D eigenvalue weighted by molar-refractivity contribution is 6.03. The summed E-state index contributed by atoms with van der Waals surface area (Å²) in [6, 6.07) is 9.08. The predicted octanol–water partition coefficient (Wildman–Crippen LogP) is 2.63. The fourth-order valence-corrected chi connectivity index (χ4v) is 5.69. The van der Waals surface area contributed by atoms with Crippen LogP contribution in [0.5, 0.6) is 11.6 Å². The number of ether oxygens (including phenoxy) is 2. The minimum Gasteiger partial charge on any atom is -0.479 e. The van der Waals surface area contributed by atoms with Gasteiger partial charge in [0.2, 0.25) is 11.8 Å². The van der Waals surface area contributed by atoms with E-state index >= 15 is 0 Å². The summed E-state index contributed by atoms with van der Waals surface area (Å²) in [5.41, 5.74) is 2.07. The summed E-state index contributed by atoms with van der Waals surface area (Å²) in [5, 5.41) is 0. The van der Waals surface area contributed by atoms with Crippen molar-refractivity contribution in [2.75, 3.05) is 32.1 Å². The fourth-order valence-electron chi connectivity index (χ4n) is 5.69. The molecule has 1 aromatic carbocycles. The number of hydrogen-bond donors (Lipinski definition) is 0. The van der Waals surface area contributed by atoms with Crippen molar-refractivity contribution in [3.8, 4) is 11.6 Å². The third-order valence-electron chi connectivity index (χ3n) is 7.89. The lowest BCUT2D eigenvalue weighted by molar-refractivity contribution is -0.129. The molecule has 2 aromatic rings. The van der Waals surface area contributed by atoms with Crippen molar-refractivity contribution in [1.29, 1.82) is 0 Å². The van der Waals surface area contributed by atoms with Gasteiger partial charge in [-0.2, -0.15) is 0 Å². The quantitative estimate of drug-likeness (QED) is 0.593. The molecule has 4 aliphatic rings. The molecular weight excluding hydrogens is 460 g/mol. The van der Waals surface area contributed by atoms with Crippen LogP contribution >= 0.6 is 0 Å². The lowest BCUT2D eigenvalue weighted by Crippen LogP contribution is -2.36. The Morgan fingerprint density at radius 2 is 2.06 bits per heavy atom. The maximum absolute atomic E-state index is 13.1. The molecule has 0 unspecified atom stereocenters. The summed E-state index contributed by atoms with van der Waals surface area (Å²) in [4.78, 5) is 47.1. The van der Waals surface area contributed by atoms with Crippen LogP contribution in [0.15, 0.2) is 36.5 Å². The maximum Gasteiger partial charge on any atom is 0.268 e. The van der Waals surface area contributed by atoms with Gasteiger partial charge in [-0.25, -0.2) is 4.98 Å². The van der Waals surface area contributed by atoms with E-state index in [1.807, 2.05) is 18.2 Å². The topological polar surface area (TPSA) is 92.3 Å². The Hall–Kier alpha value is -3.62. The van der Waals surface area contributed by atoms with Crippen LogP contribution in [0.3, 0.4) is 0 Å². The van der Waals surface area contributed by atoms with Crippen molar-refractivity contribution in [1.82, 2.24) is 14.8 Å². The van der Waals surface area contributed by atoms with Crippen LogP contribution < -0.4 is 14.4 Å². The van der Waals surface area contributed by atoms with Crippen LogP contribution in [0, 0.1) is 5.92 Å². The van der Waals surface area contributed by atoms with E-state index in [0.29, 0.717) is 48.3 Å². The molecule has 3 amide bonds. The summed E-state index contributed by atoms with van der Waals surface area (Å²) in [6.07, 6.45) is 6.23. The van der Waals surface area contributed by atoms with Crippen LogP contribution in [0.2, 0.25) is 0 Å². The fraction of sp³-hybridized carbons (Fsp3) is 0.481. The largest absolute Gasteiger partial charge is 0.479 e. The molecular formula is C27H30N4O5. The summed E-state index contributed by atoms with van der Waals surface area (Å²) < 4.78 is 12.1. The molecule has 1 aromatic heterocycles. The zero-order valence-electron chi connectivity index (χ0n) is 20.6. The van der Waals surface area contributed by atoms with Gasteiger partial charge in [0.05, 0.1) is 6.20 Å². The molecule has 9 heteroatoms. The van der Waals surface area contributed by atoms with Crippen molar-refractivity contribution in [2.24, 2.45) is 5.92 Å². The first-order valence-corrected chi connectivity index (χ1v) is 12.6. The van der Waals surface area contributed by atoms with E-state index in [2.05, 4.69) is 4.98 Å². The van der Waals surface area contributed by atoms with E-state index in [4.69, 9.17) is 9.47 Å². The molecule has 0 N–H and O–H groups in total. The van der Waals surface area contributed by atoms with Crippen LogP contribution in [0.4, 0.5) is 5.69 Å². The highest BCUT2D eigenvalue weighted by Crippen LogP contribution is 2.58. The number of benzene rings is 1. The molecule has 188 valence electrons. The predicted molar refractivity (Wildman–Crippen MR) is 131 cm³/mol. The van der Waals surface area contributed by atoms with Gasteiger partial charge in [-0.05, 0) is 49.4 Å². The lowest BCUT2D eigenvalue weighted by Gasteiger charge is -2.18. The van der Waals surface area contributed by atoms with E-state index < -0.39 is 6.10 Å². The Morgan fingerprint density at radius 1 is 1.19 bits per heavy atom. The van der Waals surface area contributed by atoms with Gasteiger partial charge in [0.1, 0.15) is 17.9 Å². The van der Waals surface area contributed by atoms with Gasteiger partial charge in [0.25, 0.3) is 11.8 Å². The van der Waals surface area contributed by atoms with Gasteiger partial charge < -0.3 is 24.2 Å². The van der Waals surface area contributed by atoms with Crippen molar-refractivity contribution in [3.63, 3.8) is 0 Å². The zero-order chi connectivity index (χ0) is 25.0. The molecule has 1 saturated heterocycles. The van der Waals surface area contributed by atoms with E-state index in [0.717, 1.165) is 18.4 Å². The molecule has 3 atom stereocenters. The van der Waals surface area contributed by atoms with E-state index in [-0.39, 0.29) is 29.9 Å². The highest BCUT2D eigenvalue weighted by atomic mass is 16.5. The first-order chi connectivity index (χ1) is 17.3. The van der Waals surface area contributed by atoms with Crippen LogP contribution in [0.1, 0.15) is 48.0 Å². The summed E-state index contributed by atoms with van der Waals surface area (Å²) >= 11 is 0. The van der Waals surface area contributed by atoms with Gasteiger partial charge in [-0.15, -0.1) is 0 Å². The second kappa shape index (κ2) is 8.50. The molecule has 0 radical (unpaired) electrons. The number of fused-ring (bicyclic) bond motifs is 2. The molecule has 3 heterocycles. The number of likely N-dealkylation sites (N-methyl/N-ethyl adjacent to an activating group) is 1. The first-order valence-electron chi connectivity index (χ1n) is 12.6. The highest BCUT2D eigenvalue weighted by Gasteiger charge is 2.59. The zero-order valence-corrected chi connectivity index (χ0v) is 20.6. The van der Waals surface area contributed by atoms with E-state index in [1.165, 1.54) is 22.6 Å². The molecule has 2 aliphatic heterocycles. The van der Waals surface area contributed by atoms with Gasteiger partial charge >= 0.3 is 0 Å². The number of pyridine rings is 1. The van der Waals surface area contributed by atoms with Crippen LogP contribution in [0.25, 0.3) is 0 Å². The molecule has 2 saturated carbocycles. The second-order valence-corrected chi connectivity index (χ2v) is 10.5. The molecule has 3 fully saturated rings. The van der Waals surface area contributed by atoms with Crippen molar-refractivity contribution in [2.45, 2.75) is 50.4 Å². The minimum absolute atomic E-state index is 0.00739. The third kappa shape index (κ3) is 3.96. The van der Waals surface area contributed by atoms with Gasteiger partial charge in [-0.3, -0.25) is 14.4 Å². The van der Waals surface area contributed by atoms with Crippen LogP contribution in [-0.4, -0.2) is 71.4 Å². The molecule has 0 spiro atoms.